The molecule has 0 fully saturated rings. The van der Waals surface area contributed by atoms with E-state index in [0.717, 1.165) is 11.3 Å². The summed E-state index contributed by atoms with van der Waals surface area (Å²) >= 11 is 0. The van der Waals surface area contributed by atoms with Gasteiger partial charge in [0, 0.05) is 17.8 Å². The SMILES string of the molecule is Cc1ccc(NC(=O)NCC(C)(C)N)cc1. The van der Waals surface area contributed by atoms with E-state index in [0.29, 0.717) is 6.54 Å². The number of nitrogens with one attached hydrogen (secondary N) is 2. The molecule has 1 rings (SSSR count). The van der Waals surface area contributed by atoms with Gasteiger partial charge < -0.3 is 16.4 Å². The van der Waals surface area contributed by atoms with Crippen LogP contribution in [-0.4, -0.2) is 18.1 Å². The van der Waals surface area contributed by atoms with Gasteiger partial charge in [0.2, 0.25) is 0 Å². The van der Waals surface area contributed by atoms with Gasteiger partial charge in [0.1, 0.15) is 0 Å². The lowest BCUT2D eigenvalue weighted by Gasteiger charge is -2.19. The zero-order chi connectivity index (χ0) is 12.2. The molecule has 0 aliphatic carbocycles. The lowest BCUT2D eigenvalue weighted by atomic mass is 10.1. The van der Waals surface area contributed by atoms with Gasteiger partial charge in [-0.1, -0.05) is 17.7 Å². The number of amides is 2. The van der Waals surface area contributed by atoms with Crippen molar-refractivity contribution in [3.8, 4) is 0 Å². The van der Waals surface area contributed by atoms with Crippen LogP contribution in [0.3, 0.4) is 0 Å². The molecule has 4 nitrogen and oxygen atoms in total. The summed E-state index contributed by atoms with van der Waals surface area (Å²) < 4.78 is 0. The molecule has 0 unspecified atom stereocenters. The zero-order valence-electron chi connectivity index (χ0n) is 10.0. The van der Waals surface area contributed by atoms with Crippen molar-refractivity contribution in [3.05, 3.63) is 29.8 Å². The first-order valence-corrected chi connectivity index (χ1v) is 5.27. The van der Waals surface area contributed by atoms with Crippen molar-refractivity contribution in [2.45, 2.75) is 26.3 Å². The molecule has 88 valence electrons. The van der Waals surface area contributed by atoms with E-state index in [-0.39, 0.29) is 6.03 Å². The lowest BCUT2D eigenvalue weighted by Crippen LogP contribution is -2.46. The number of carbonyl (C=O) groups is 1. The van der Waals surface area contributed by atoms with Gasteiger partial charge in [-0.15, -0.1) is 0 Å². The monoisotopic (exact) mass is 221 g/mol. The van der Waals surface area contributed by atoms with Crippen LogP contribution >= 0.6 is 0 Å². The van der Waals surface area contributed by atoms with Gasteiger partial charge in [-0.25, -0.2) is 4.79 Å². The van der Waals surface area contributed by atoms with Gasteiger partial charge in [-0.05, 0) is 32.9 Å². The first-order chi connectivity index (χ1) is 7.37. The Labute approximate surface area is 96.2 Å². The minimum atomic E-state index is -0.398. The van der Waals surface area contributed by atoms with Crippen LogP contribution in [0.25, 0.3) is 0 Å². The van der Waals surface area contributed by atoms with E-state index in [1.165, 1.54) is 0 Å². The van der Waals surface area contributed by atoms with E-state index in [1.54, 1.807) is 0 Å². The quantitative estimate of drug-likeness (QED) is 0.729. The van der Waals surface area contributed by atoms with Crippen molar-refractivity contribution in [1.29, 1.82) is 0 Å². The van der Waals surface area contributed by atoms with Crippen LogP contribution in [-0.2, 0) is 0 Å². The molecule has 2 amide bonds. The molecular formula is C12H19N3O. The van der Waals surface area contributed by atoms with Crippen molar-refractivity contribution in [2.24, 2.45) is 5.73 Å². The summed E-state index contributed by atoms with van der Waals surface area (Å²) in [5, 5.41) is 5.45. The molecular weight excluding hydrogens is 202 g/mol. The third kappa shape index (κ3) is 4.79. The number of rotatable bonds is 3. The number of hydrogen-bond acceptors (Lipinski definition) is 2. The smallest absolute Gasteiger partial charge is 0.319 e. The van der Waals surface area contributed by atoms with Crippen LogP contribution in [0.2, 0.25) is 0 Å². The van der Waals surface area contributed by atoms with Gasteiger partial charge in [-0.2, -0.15) is 0 Å². The standard InChI is InChI=1S/C12H19N3O/c1-9-4-6-10(7-5-9)15-11(16)14-8-12(2,3)13/h4-7H,8,13H2,1-3H3,(H2,14,15,16). The summed E-state index contributed by atoms with van der Waals surface area (Å²) in [6.45, 7) is 6.16. The second kappa shape index (κ2) is 4.99. The predicted octanol–water partition coefficient (Wildman–Crippen LogP) is 1.85. The minimum Gasteiger partial charge on any atom is -0.336 e. The van der Waals surface area contributed by atoms with Gasteiger partial charge in [0.05, 0.1) is 0 Å². The second-order valence-corrected chi connectivity index (χ2v) is 4.66. The second-order valence-electron chi connectivity index (χ2n) is 4.66. The highest BCUT2D eigenvalue weighted by molar-refractivity contribution is 5.89. The van der Waals surface area contributed by atoms with E-state index in [1.807, 2.05) is 45.0 Å². The first kappa shape index (κ1) is 12.5. The topological polar surface area (TPSA) is 67.2 Å². The molecule has 1 aromatic rings. The van der Waals surface area contributed by atoms with Crippen molar-refractivity contribution in [3.63, 3.8) is 0 Å². The Balaban J connectivity index is 2.43. The molecule has 0 saturated carbocycles. The molecule has 0 saturated heterocycles. The number of anilines is 1. The highest BCUT2D eigenvalue weighted by Crippen LogP contribution is 2.08. The summed E-state index contributed by atoms with van der Waals surface area (Å²) in [5.74, 6) is 0. The Morgan fingerprint density at radius 1 is 1.31 bits per heavy atom. The van der Waals surface area contributed by atoms with Crippen LogP contribution < -0.4 is 16.4 Å². The fraction of sp³-hybridized carbons (Fsp3) is 0.417. The Bertz CT molecular complexity index is 352. The van der Waals surface area contributed by atoms with Gasteiger partial charge in [0.25, 0.3) is 0 Å². The Morgan fingerprint density at radius 3 is 2.38 bits per heavy atom. The summed E-state index contributed by atoms with van der Waals surface area (Å²) in [6, 6.07) is 7.39. The first-order valence-electron chi connectivity index (χ1n) is 5.27. The largest absolute Gasteiger partial charge is 0.336 e. The average molecular weight is 221 g/mol. The fourth-order valence-electron chi connectivity index (χ4n) is 1.12. The maximum absolute atomic E-state index is 11.5. The summed E-state index contributed by atoms with van der Waals surface area (Å²) in [5.41, 5.74) is 7.29. The Hall–Kier alpha value is -1.55. The third-order valence-electron chi connectivity index (χ3n) is 2.01. The predicted molar refractivity (Wildman–Crippen MR) is 66.5 cm³/mol. The number of carbonyl (C=O) groups excluding carboxylic acids is 1. The molecule has 0 aliphatic rings. The molecule has 0 aromatic heterocycles. The van der Waals surface area contributed by atoms with Crippen LogP contribution in [0.4, 0.5) is 10.5 Å². The molecule has 4 N–H and O–H groups in total. The minimum absolute atomic E-state index is 0.234. The number of aryl methyl sites for hydroxylation is 1. The summed E-state index contributed by atoms with van der Waals surface area (Å²) in [4.78, 5) is 11.5. The van der Waals surface area contributed by atoms with Crippen LogP contribution in [0.15, 0.2) is 24.3 Å². The molecule has 4 heteroatoms. The van der Waals surface area contributed by atoms with Crippen molar-refractivity contribution in [2.75, 3.05) is 11.9 Å². The number of urea groups is 1. The van der Waals surface area contributed by atoms with Crippen LogP contribution in [0.1, 0.15) is 19.4 Å². The van der Waals surface area contributed by atoms with Gasteiger partial charge in [0.15, 0.2) is 0 Å². The maximum Gasteiger partial charge on any atom is 0.319 e. The molecule has 16 heavy (non-hydrogen) atoms. The van der Waals surface area contributed by atoms with Gasteiger partial charge >= 0.3 is 6.03 Å². The van der Waals surface area contributed by atoms with Crippen molar-refractivity contribution >= 4 is 11.7 Å². The summed E-state index contributed by atoms with van der Waals surface area (Å²) in [7, 11) is 0. The molecule has 0 atom stereocenters. The number of benzene rings is 1. The third-order valence-corrected chi connectivity index (χ3v) is 2.01. The van der Waals surface area contributed by atoms with E-state index in [4.69, 9.17) is 5.73 Å². The Morgan fingerprint density at radius 2 is 1.88 bits per heavy atom. The number of nitrogens with two attached hydrogens (primary N) is 1. The molecule has 0 aliphatic heterocycles. The van der Waals surface area contributed by atoms with Gasteiger partial charge in [-0.3, -0.25) is 0 Å². The van der Waals surface area contributed by atoms with Crippen molar-refractivity contribution < 1.29 is 4.79 Å². The highest BCUT2D eigenvalue weighted by Gasteiger charge is 2.11. The van der Waals surface area contributed by atoms with E-state index in [2.05, 4.69) is 10.6 Å². The molecule has 1 aromatic carbocycles. The molecule has 0 heterocycles. The molecule has 0 spiro atoms. The summed E-state index contributed by atoms with van der Waals surface area (Å²) in [6.07, 6.45) is 0. The molecule has 0 bridgehead atoms. The zero-order valence-corrected chi connectivity index (χ0v) is 10.0. The maximum atomic E-state index is 11.5. The van der Waals surface area contributed by atoms with Crippen LogP contribution in [0, 0.1) is 6.92 Å². The average Bonchev–Trinajstić information content (AvgIpc) is 2.18. The van der Waals surface area contributed by atoms with E-state index < -0.39 is 5.54 Å². The Kier molecular flexibility index (Phi) is 3.90. The van der Waals surface area contributed by atoms with E-state index in [9.17, 15) is 4.79 Å². The fourth-order valence-corrected chi connectivity index (χ4v) is 1.12. The lowest BCUT2D eigenvalue weighted by molar-refractivity contribution is 0.250. The normalized spacial score (nSPS) is 11.0. The van der Waals surface area contributed by atoms with E-state index >= 15 is 0 Å². The molecule has 0 radical (unpaired) electrons. The van der Waals surface area contributed by atoms with Crippen molar-refractivity contribution in [1.82, 2.24) is 5.32 Å². The van der Waals surface area contributed by atoms with Crippen LogP contribution in [0.5, 0.6) is 0 Å². The number of hydrogen-bond donors (Lipinski definition) is 3. The highest BCUT2D eigenvalue weighted by atomic mass is 16.2.